The van der Waals surface area contributed by atoms with Crippen molar-refractivity contribution in [3.63, 3.8) is 0 Å². The Balaban J connectivity index is 1.64. The Kier molecular flexibility index (Phi) is 4.85. The van der Waals surface area contributed by atoms with Crippen molar-refractivity contribution in [3.8, 4) is 5.75 Å². The number of anilines is 1. The van der Waals surface area contributed by atoms with Gasteiger partial charge in [-0.25, -0.2) is 9.78 Å². The van der Waals surface area contributed by atoms with E-state index in [1.165, 1.54) is 0 Å². The standard InChI is InChI=1S/C20H16N2O3/c1-14-6-5-9-18(21-14)20(24)25-17-12-10-16(11-13-17)22-19(23)15-7-3-2-4-8-15/h2-13H,1H3,(H,22,23). The average Bonchev–Trinajstić information content (AvgIpc) is 2.64. The number of hydrogen-bond donors (Lipinski definition) is 1. The maximum absolute atomic E-state index is 12.1. The summed E-state index contributed by atoms with van der Waals surface area (Å²) in [5.41, 5.74) is 2.18. The zero-order chi connectivity index (χ0) is 17.6. The van der Waals surface area contributed by atoms with Crippen LogP contribution in [0.3, 0.4) is 0 Å². The maximum Gasteiger partial charge on any atom is 0.362 e. The molecular formula is C20H16N2O3. The molecule has 5 heteroatoms. The van der Waals surface area contributed by atoms with Crippen LogP contribution in [0.1, 0.15) is 26.5 Å². The molecule has 1 aromatic heterocycles. The monoisotopic (exact) mass is 332 g/mol. The van der Waals surface area contributed by atoms with Gasteiger partial charge >= 0.3 is 5.97 Å². The molecule has 0 unspecified atom stereocenters. The van der Waals surface area contributed by atoms with Crippen LogP contribution < -0.4 is 10.1 Å². The molecule has 0 radical (unpaired) electrons. The minimum Gasteiger partial charge on any atom is -0.422 e. The third-order valence-electron chi connectivity index (χ3n) is 3.46. The van der Waals surface area contributed by atoms with Gasteiger partial charge in [0.25, 0.3) is 5.91 Å². The number of hydrogen-bond acceptors (Lipinski definition) is 4. The number of esters is 1. The summed E-state index contributed by atoms with van der Waals surface area (Å²) in [4.78, 5) is 28.3. The molecule has 0 spiro atoms. The van der Waals surface area contributed by atoms with E-state index in [0.717, 1.165) is 5.69 Å². The summed E-state index contributed by atoms with van der Waals surface area (Å²) in [6.45, 7) is 1.81. The molecule has 0 atom stereocenters. The van der Waals surface area contributed by atoms with Gasteiger partial charge in [-0.05, 0) is 55.5 Å². The third kappa shape index (κ3) is 4.29. The van der Waals surface area contributed by atoms with E-state index in [9.17, 15) is 9.59 Å². The predicted molar refractivity (Wildman–Crippen MR) is 94.8 cm³/mol. The molecule has 0 fully saturated rings. The van der Waals surface area contributed by atoms with Crippen LogP contribution in [0.5, 0.6) is 5.75 Å². The number of ether oxygens (including phenoxy) is 1. The van der Waals surface area contributed by atoms with Crippen molar-refractivity contribution in [2.75, 3.05) is 5.32 Å². The second kappa shape index (κ2) is 7.40. The summed E-state index contributed by atoms with van der Waals surface area (Å²) in [7, 11) is 0. The largest absolute Gasteiger partial charge is 0.422 e. The fourth-order valence-corrected chi connectivity index (χ4v) is 2.22. The number of carbonyl (C=O) groups is 2. The van der Waals surface area contributed by atoms with Gasteiger partial charge in [0.1, 0.15) is 11.4 Å². The van der Waals surface area contributed by atoms with Crippen molar-refractivity contribution in [1.29, 1.82) is 0 Å². The van der Waals surface area contributed by atoms with E-state index in [0.29, 0.717) is 17.0 Å². The first kappa shape index (κ1) is 16.4. The molecule has 3 aromatic rings. The number of pyridine rings is 1. The summed E-state index contributed by atoms with van der Waals surface area (Å²) in [5.74, 6) is -0.343. The van der Waals surface area contributed by atoms with Crippen molar-refractivity contribution < 1.29 is 14.3 Å². The van der Waals surface area contributed by atoms with Crippen molar-refractivity contribution in [1.82, 2.24) is 4.98 Å². The molecule has 2 aromatic carbocycles. The van der Waals surface area contributed by atoms with Gasteiger partial charge in [-0.2, -0.15) is 0 Å². The summed E-state index contributed by atoms with van der Waals surface area (Å²) in [5, 5.41) is 2.79. The predicted octanol–water partition coefficient (Wildman–Crippen LogP) is 3.86. The van der Waals surface area contributed by atoms with Crippen LogP contribution in [-0.2, 0) is 0 Å². The SMILES string of the molecule is Cc1cccc(C(=O)Oc2ccc(NC(=O)c3ccccc3)cc2)n1. The number of aryl methyl sites for hydroxylation is 1. The lowest BCUT2D eigenvalue weighted by molar-refractivity contribution is 0.0728. The molecule has 0 saturated carbocycles. The van der Waals surface area contributed by atoms with Crippen LogP contribution in [0, 0.1) is 6.92 Å². The molecule has 1 heterocycles. The summed E-state index contributed by atoms with van der Waals surface area (Å²) in [6, 6.07) is 20.7. The second-order valence-corrected chi connectivity index (χ2v) is 5.40. The molecule has 0 saturated heterocycles. The minimum atomic E-state index is -0.523. The summed E-state index contributed by atoms with van der Waals surface area (Å²) in [6.07, 6.45) is 0. The zero-order valence-electron chi connectivity index (χ0n) is 13.6. The van der Waals surface area contributed by atoms with Crippen LogP contribution in [0.2, 0.25) is 0 Å². The first-order chi connectivity index (χ1) is 12.1. The number of amides is 1. The Morgan fingerprint density at radius 2 is 1.60 bits per heavy atom. The van der Waals surface area contributed by atoms with E-state index < -0.39 is 5.97 Å². The Morgan fingerprint density at radius 1 is 0.880 bits per heavy atom. The smallest absolute Gasteiger partial charge is 0.362 e. The minimum absolute atomic E-state index is 0.200. The fourth-order valence-electron chi connectivity index (χ4n) is 2.22. The highest BCUT2D eigenvalue weighted by atomic mass is 16.5. The molecular weight excluding hydrogens is 316 g/mol. The molecule has 0 aliphatic heterocycles. The molecule has 0 aliphatic rings. The molecule has 5 nitrogen and oxygen atoms in total. The molecule has 3 rings (SSSR count). The van der Waals surface area contributed by atoms with Crippen LogP contribution >= 0.6 is 0 Å². The normalized spacial score (nSPS) is 10.1. The van der Waals surface area contributed by atoms with E-state index in [1.807, 2.05) is 6.07 Å². The van der Waals surface area contributed by atoms with Gasteiger partial charge in [-0.3, -0.25) is 4.79 Å². The lowest BCUT2D eigenvalue weighted by atomic mass is 10.2. The molecule has 1 N–H and O–H groups in total. The van der Waals surface area contributed by atoms with E-state index in [-0.39, 0.29) is 11.6 Å². The summed E-state index contributed by atoms with van der Waals surface area (Å²) < 4.78 is 5.29. The first-order valence-corrected chi connectivity index (χ1v) is 7.74. The molecule has 0 bridgehead atoms. The van der Waals surface area contributed by atoms with E-state index in [1.54, 1.807) is 73.7 Å². The molecule has 25 heavy (non-hydrogen) atoms. The number of nitrogens with one attached hydrogen (secondary N) is 1. The van der Waals surface area contributed by atoms with E-state index in [2.05, 4.69) is 10.3 Å². The lowest BCUT2D eigenvalue weighted by Crippen LogP contribution is -2.12. The van der Waals surface area contributed by atoms with Gasteiger partial charge in [0.15, 0.2) is 0 Å². The highest BCUT2D eigenvalue weighted by Gasteiger charge is 2.11. The Bertz CT molecular complexity index is 890. The van der Waals surface area contributed by atoms with Crippen LogP contribution in [0.15, 0.2) is 72.8 Å². The van der Waals surface area contributed by atoms with Crippen molar-refractivity contribution in [2.24, 2.45) is 0 Å². The number of aromatic nitrogens is 1. The lowest BCUT2D eigenvalue weighted by Gasteiger charge is -2.07. The van der Waals surface area contributed by atoms with Gasteiger partial charge < -0.3 is 10.1 Å². The topological polar surface area (TPSA) is 68.3 Å². The highest BCUT2D eigenvalue weighted by Crippen LogP contribution is 2.17. The number of rotatable bonds is 4. The number of nitrogens with zero attached hydrogens (tertiary/aromatic N) is 1. The van der Waals surface area contributed by atoms with Gasteiger partial charge in [0, 0.05) is 16.9 Å². The van der Waals surface area contributed by atoms with E-state index >= 15 is 0 Å². The van der Waals surface area contributed by atoms with Crippen LogP contribution in [0.25, 0.3) is 0 Å². The molecule has 124 valence electrons. The van der Waals surface area contributed by atoms with Gasteiger partial charge in [-0.15, -0.1) is 0 Å². The number of carbonyl (C=O) groups excluding carboxylic acids is 2. The fraction of sp³-hybridized carbons (Fsp3) is 0.0500. The Labute approximate surface area is 145 Å². The van der Waals surface area contributed by atoms with Crippen molar-refractivity contribution in [3.05, 3.63) is 89.7 Å². The molecule has 1 amide bonds. The van der Waals surface area contributed by atoms with Crippen LogP contribution in [-0.4, -0.2) is 16.9 Å². The number of benzene rings is 2. The van der Waals surface area contributed by atoms with Gasteiger partial charge in [0.05, 0.1) is 0 Å². The van der Waals surface area contributed by atoms with Gasteiger partial charge in [-0.1, -0.05) is 24.3 Å². The average molecular weight is 332 g/mol. The zero-order valence-corrected chi connectivity index (χ0v) is 13.6. The summed E-state index contributed by atoms with van der Waals surface area (Å²) >= 11 is 0. The Morgan fingerprint density at radius 3 is 2.28 bits per heavy atom. The first-order valence-electron chi connectivity index (χ1n) is 7.74. The van der Waals surface area contributed by atoms with Crippen LogP contribution in [0.4, 0.5) is 5.69 Å². The quantitative estimate of drug-likeness (QED) is 0.582. The van der Waals surface area contributed by atoms with Crippen molar-refractivity contribution in [2.45, 2.75) is 6.92 Å². The third-order valence-corrected chi connectivity index (χ3v) is 3.46. The van der Waals surface area contributed by atoms with Gasteiger partial charge in [0.2, 0.25) is 0 Å². The van der Waals surface area contributed by atoms with E-state index in [4.69, 9.17) is 4.74 Å². The Hall–Kier alpha value is -3.47. The maximum atomic E-state index is 12.1. The van der Waals surface area contributed by atoms with Crippen molar-refractivity contribution >= 4 is 17.6 Å². The second-order valence-electron chi connectivity index (χ2n) is 5.40. The highest BCUT2D eigenvalue weighted by molar-refractivity contribution is 6.04. The molecule has 0 aliphatic carbocycles.